The van der Waals surface area contributed by atoms with Crippen molar-refractivity contribution >= 4 is 27.3 Å². The zero-order valence-electron chi connectivity index (χ0n) is 15.0. The molecular formula is C18H22FN3O3S2. The first kappa shape index (κ1) is 19.9. The molecule has 27 heavy (non-hydrogen) atoms. The Morgan fingerprint density at radius 1 is 1.22 bits per heavy atom. The molecule has 1 aliphatic rings. The molecule has 2 heterocycles. The number of hydrogen-bond acceptors (Lipinski definition) is 5. The second kappa shape index (κ2) is 8.47. The van der Waals surface area contributed by atoms with Crippen molar-refractivity contribution < 1.29 is 17.6 Å². The van der Waals surface area contributed by atoms with Gasteiger partial charge in [-0.15, -0.1) is 11.3 Å². The average molecular weight is 412 g/mol. The molecule has 0 saturated carbocycles. The second-order valence-corrected chi connectivity index (χ2v) is 9.59. The fourth-order valence-corrected chi connectivity index (χ4v) is 5.44. The van der Waals surface area contributed by atoms with Gasteiger partial charge in [0.15, 0.2) is 0 Å². The summed E-state index contributed by atoms with van der Waals surface area (Å²) in [6.07, 6.45) is 0. The Labute approximate surface area is 162 Å². The van der Waals surface area contributed by atoms with Crippen LogP contribution in [0.4, 0.5) is 4.39 Å². The number of nitrogens with one attached hydrogen (secondary N) is 1. The molecule has 1 aromatic carbocycles. The van der Waals surface area contributed by atoms with Crippen LogP contribution in [0.1, 0.15) is 11.1 Å². The van der Waals surface area contributed by atoms with E-state index in [4.69, 9.17) is 0 Å². The lowest BCUT2D eigenvalue weighted by Gasteiger charge is -2.33. The molecule has 6 nitrogen and oxygen atoms in total. The SMILES string of the molecule is Cc1ccc(CNC(=O)CN2CCN(S(=O)(=O)c3cccs3)CC2)cc1F. The van der Waals surface area contributed by atoms with Crippen molar-refractivity contribution in [3.63, 3.8) is 0 Å². The van der Waals surface area contributed by atoms with E-state index in [0.29, 0.717) is 41.5 Å². The van der Waals surface area contributed by atoms with E-state index < -0.39 is 10.0 Å². The Hall–Kier alpha value is -1.81. The van der Waals surface area contributed by atoms with E-state index in [2.05, 4.69) is 5.32 Å². The molecule has 0 unspecified atom stereocenters. The third-order valence-corrected chi connectivity index (χ3v) is 7.79. The average Bonchev–Trinajstić information content (AvgIpc) is 3.19. The number of carbonyl (C=O) groups is 1. The van der Waals surface area contributed by atoms with Crippen molar-refractivity contribution in [2.24, 2.45) is 0 Å². The van der Waals surface area contributed by atoms with Gasteiger partial charge in [-0.25, -0.2) is 12.8 Å². The summed E-state index contributed by atoms with van der Waals surface area (Å²) < 4.78 is 40.3. The number of sulfonamides is 1. The highest BCUT2D eigenvalue weighted by atomic mass is 32.2. The number of benzene rings is 1. The molecule has 0 bridgehead atoms. The maximum absolute atomic E-state index is 13.5. The number of halogens is 1. The van der Waals surface area contributed by atoms with Gasteiger partial charge in [0, 0.05) is 32.7 Å². The van der Waals surface area contributed by atoms with Crippen molar-refractivity contribution in [1.29, 1.82) is 0 Å². The Morgan fingerprint density at radius 3 is 2.59 bits per heavy atom. The van der Waals surface area contributed by atoms with Crippen molar-refractivity contribution in [3.8, 4) is 0 Å². The van der Waals surface area contributed by atoms with Gasteiger partial charge in [-0.2, -0.15) is 4.31 Å². The number of carbonyl (C=O) groups excluding carboxylic acids is 1. The van der Waals surface area contributed by atoms with Gasteiger partial charge in [-0.05, 0) is 35.6 Å². The first-order valence-corrected chi connectivity index (χ1v) is 11.0. The van der Waals surface area contributed by atoms with E-state index in [1.807, 2.05) is 4.90 Å². The lowest BCUT2D eigenvalue weighted by Crippen LogP contribution is -2.50. The Bertz CT molecular complexity index is 893. The lowest BCUT2D eigenvalue weighted by molar-refractivity contribution is -0.122. The van der Waals surface area contributed by atoms with Gasteiger partial charge in [0.1, 0.15) is 10.0 Å². The highest BCUT2D eigenvalue weighted by Gasteiger charge is 2.29. The number of hydrogen-bond donors (Lipinski definition) is 1. The van der Waals surface area contributed by atoms with Gasteiger partial charge in [0.05, 0.1) is 6.54 Å². The zero-order valence-corrected chi connectivity index (χ0v) is 16.7. The number of thiophene rings is 1. The van der Waals surface area contributed by atoms with Crippen molar-refractivity contribution in [2.45, 2.75) is 17.7 Å². The number of piperazine rings is 1. The molecule has 1 aromatic heterocycles. The number of nitrogens with zero attached hydrogens (tertiary/aromatic N) is 2. The minimum absolute atomic E-state index is 0.162. The van der Waals surface area contributed by atoms with Gasteiger partial charge in [-0.3, -0.25) is 9.69 Å². The van der Waals surface area contributed by atoms with Gasteiger partial charge in [0.25, 0.3) is 10.0 Å². The van der Waals surface area contributed by atoms with Gasteiger partial charge in [0.2, 0.25) is 5.91 Å². The zero-order chi connectivity index (χ0) is 19.4. The quantitative estimate of drug-likeness (QED) is 0.787. The summed E-state index contributed by atoms with van der Waals surface area (Å²) >= 11 is 1.21. The molecule has 0 spiro atoms. The predicted octanol–water partition coefficient (Wildman–Crippen LogP) is 1.82. The molecule has 9 heteroatoms. The number of rotatable bonds is 6. The normalized spacial score (nSPS) is 16.4. The van der Waals surface area contributed by atoms with E-state index >= 15 is 0 Å². The van der Waals surface area contributed by atoms with E-state index in [1.165, 1.54) is 21.7 Å². The van der Waals surface area contributed by atoms with E-state index in [-0.39, 0.29) is 24.8 Å². The highest BCUT2D eigenvalue weighted by molar-refractivity contribution is 7.91. The Kier molecular flexibility index (Phi) is 6.25. The molecular weight excluding hydrogens is 389 g/mol. The van der Waals surface area contributed by atoms with E-state index in [0.717, 1.165) is 0 Å². The molecule has 0 radical (unpaired) electrons. The minimum atomic E-state index is -3.44. The van der Waals surface area contributed by atoms with Crippen LogP contribution in [0.3, 0.4) is 0 Å². The van der Waals surface area contributed by atoms with Crippen LogP contribution < -0.4 is 5.32 Å². The number of aryl methyl sites for hydroxylation is 1. The van der Waals surface area contributed by atoms with Crippen LogP contribution in [0, 0.1) is 12.7 Å². The molecule has 3 rings (SSSR count). The van der Waals surface area contributed by atoms with Crippen LogP contribution >= 0.6 is 11.3 Å². The topological polar surface area (TPSA) is 69.7 Å². The molecule has 2 aromatic rings. The fraction of sp³-hybridized carbons (Fsp3) is 0.389. The predicted molar refractivity (Wildman–Crippen MR) is 103 cm³/mol. The fourth-order valence-electron chi connectivity index (χ4n) is 2.87. The summed E-state index contributed by atoms with van der Waals surface area (Å²) in [4.78, 5) is 14.0. The third kappa shape index (κ3) is 4.92. The summed E-state index contributed by atoms with van der Waals surface area (Å²) in [6.45, 7) is 3.86. The van der Waals surface area contributed by atoms with Crippen LogP contribution in [0.25, 0.3) is 0 Å². The van der Waals surface area contributed by atoms with E-state index in [9.17, 15) is 17.6 Å². The Morgan fingerprint density at radius 2 is 1.96 bits per heavy atom. The lowest BCUT2D eigenvalue weighted by atomic mass is 10.1. The maximum Gasteiger partial charge on any atom is 0.252 e. The molecule has 1 N–H and O–H groups in total. The second-order valence-electron chi connectivity index (χ2n) is 6.47. The number of amides is 1. The smallest absolute Gasteiger partial charge is 0.252 e. The van der Waals surface area contributed by atoms with E-state index in [1.54, 1.807) is 36.6 Å². The van der Waals surface area contributed by atoms with Crippen LogP contribution in [-0.4, -0.2) is 56.3 Å². The van der Waals surface area contributed by atoms with Crippen molar-refractivity contribution in [3.05, 3.63) is 52.7 Å². The molecule has 1 amide bonds. The van der Waals surface area contributed by atoms with Crippen molar-refractivity contribution in [1.82, 2.24) is 14.5 Å². The summed E-state index contributed by atoms with van der Waals surface area (Å²) in [5.74, 6) is -0.449. The molecule has 1 fully saturated rings. The summed E-state index contributed by atoms with van der Waals surface area (Å²) in [7, 11) is -3.44. The third-order valence-electron chi connectivity index (χ3n) is 4.51. The van der Waals surface area contributed by atoms with Crippen molar-refractivity contribution in [2.75, 3.05) is 32.7 Å². The summed E-state index contributed by atoms with van der Waals surface area (Å²) in [6, 6.07) is 8.21. The largest absolute Gasteiger partial charge is 0.351 e. The van der Waals surface area contributed by atoms with Gasteiger partial charge in [-0.1, -0.05) is 18.2 Å². The maximum atomic E-state index is 13.5. The van der Waals surface area contributed by atoms with Crippen LogP contribution in [-0.2, 0) is 21.4 Å². The first-order valence-electron chi connectivity index (χ1n) is 8.64. The molecule has 1 saturated heterocycles. The van der Waals surface area contributed by atoms with Crippen LogP contribution in [0.5, 0.6) is 0 Å². The molecule has 146 valence electrons. The van der Waals surface area contributed by atoms with Gasteiger partial charge >= 0.3 is 0 Å². The standard InChI is InChI=1S/C18H22FN3O3S2/c1-14-4-5-15(11-16(14)19)12-20-17(23)13-21-6-8-22(9-7-21)27(24,25)18-3-2-10-26-18/h2-5,10-11H,6-9,12-13H2,1H3,(H,20,23). The summed E-state index contributed by atoms with van der Waals surface area (Å²) in [5.41, 5.74) is 1.28. The Balaban J connectivity index is 1.46. The van der Waals surface area contributed by atoms with Gasteiger partial charge < -0.3 is 5.32 Å². The van der Waals surface area contributed by atoms with Crippen LogP contribution in [0.2, 0.25) is 0 Å². The minimum Gasteiger partial charge on any atom is -0.351 e. The first-order chi connectivity index (χ1) is 12.9. The molecule has 0 aliphatic carbocycles. The monoisotopic (exact) mass is 411 g/mol. The van der Waals surface area contributed by atoms with Crippen LogP contribution in [0.15, 0.2) is 39.9 Å². The highest BCUT2D eigenvalue weighted by Crippen LogP contribution is 2.21. The molecule has 1 aliphatic heterocycles. The molecule has 0 atom stereocenters. The summed E-state index contributed by atoms with van der Waals surface area (Å²) in [5, 5.41) is 4.52.